The van der Waals surface area contributed by atoms with Gasteiger partial charge in [-0.25, -0.2) is 0 Å². The van der Waals surface area contributed by atoms with Gasteiger partial charge in [0.15, 0.2) is 6.29 Å². The van der Waals surface area contributed by atoms with Crippen LogP contribution in [0, 0.1) is 0 Å². The van der Waals surface area contributed by atoms with Crippen LogP contribution in [0.3, 0.4) is 0 Å². The Morgan fingerprint density at radius 1 is 0.833 bits per heavy atom. The van der Waals surface area contributed by atoms with Crippen molar-refractivity contribution in [3.05, 3.63) is 0 Å². The van der Waals surface area contributed by atoms with E-state index in [0.717, 1.165) is 0 Å². The Bertz CT molecular complexity index is 205. The third kappa shape index (κ3) is 5.10. The molecular formula is C9H20O9. The van der Waals surface area contributed by atoms with Crippen LogP contribution >= 0.6 is 0 Å². The van der Waals surface area contributed by atoms with E-state index in [-0.39, 0.29) is 13.2 Å². The van der Waals surface area contributed by atoms with E-state index < -0.39 is 43.4 Å². The molecule has 18 heavy (non-hydrogen) atoms. The van der Waals surface area contributed by atoms with Crippen molar-refractivity contribution in [2.24, 2.45) is 0 Å². The van der Waals surface area contributed by atoms with Crippen LogP contribution < -0.4 is 0 Å². The van der Waals surface area contributed by atoms with Gasteiger partial charge in [0.25, 0.3) is 0 Å². The van der Waals surface area contributed by atoms with E-state index in [1.165, 1.54) is 0 Å². The van der Waals surface area contributed by atoms with E-state index in [1.807, 2.05) is 0 Å². The van der Waals surface area contributed by atoms with Crippen LogP contribution in [0.15, 0.2) is 0 Å². The van der Waals surface area contributed by atoms with E-state index in [9.17, 15) is 0 Å². The van der Waals surface area contributed by atoms with Crippen LogP contribution in [0.5, 0.6) is 0 Å². The van der Waals surface area contributed by atoms with Crippen LogP contribution in [0.25, 0.3) is 0 Å². The summed E-state index contributed by atoms with van der Waals surface area (Å²) in [5.41, 5.74) is 0. The summed E-state index contributed by atoms with van der Waals surface area (Å²) in [6, 6.07) is 0. The van der Waals surface area contributed by atoms with Crippen molar-refractivity contribution in [2.75, 3.05) is 19.8 Å². The van der Waals surface area contributed by atoms with Gasteiger partial charge in [-0.05, 0) is 0 Å². The van der Waals surface area contributed by atoms with Gasteiger partial charge < -0.3 is 45.6 Å². The third-order valence-corrected chi connectivity index (χ3v) is 2.29. The van der Waals surface area contributed by atoms with Crippen molar-refractivity contribution in [3.63, 3.8) is 0 Å². The number of rotatable bonds is 3. The van der Waals surface area contributed by atoms with Crippen molar-refractivity contribution in [3.8, 4) is 0 Å². The van der Waals surface area contributed by atoms with Gasteiger partial charge in [0.1, 0.15) is 30.5 Å². The summed E-state index contributed by atoms with van der Waals surface area (Å²) in [5, 5.41) is 68.7. The molecule has 0 amide bonds. The fraction of sp³-hybridized carbons (Fsp3) is 1.00. The average Bonchev–Trinajstić information content (AvgIpc) is 2.40. The van der Waals surface area contributed by atoms with Gasteiger partial charge in [0.2, 0.25) is 0 Å². The van der Waals surface area contributed by atoms with E-state index in [2.05, 4.69) is 4.74 Å². The highest BCUT2D eigenvalue weighted by Gasteiger charge is 2.42. The lowest BCUT2D eigenvalue weighted by atomic mass is 10.00. The lowest BCUT2D eigenvalue weighted by Gasteiger charge is -2.37. The smallest absolute Gasteiger partial charge is 0.184 e. The zero-order valence-corrected chi connectivity index (χ0v) is 9.57. The maximum atomic E-state index is 9.12. The van der Waals surface area contributed by atoms with Gasteiger partial charge in [0, 0.05) is 0 Å². The molecule has 0 aromatic carbocycles. The van der Waals surface area contributed by atoms with Crippen molar-refractivity contribution < 1.29 is 45.6 Å². The minimum atomic E-state index is -1.57. The van der Waals surface area contributed by atoms with Crippen molar-refractivity contribution in [2.45, 2.75) is 36.8 Å². The summed E-state index contributed by atoms with van der Waals surface area (Å²) in [6.07, 6.45) is -7.99. The number of aliphatic hydroxyl groups is 8. The molecule has 0 aromatic heterocycles. The highest BCUT2D eigenvalue weighted by atomic mass is 16.6. The summed E-state index contributed by atoms with van der Waals surface area (Å²) in [7, 11) is 0. The highest BCUT2D eigenvalue weighted by molar-refractivity contribution is 4.87. The van der Waals surface area contributed by atoms with Gasteiger partial charge in [-0.3, -0.25) is 0 Å². The molecule has 5 atom stereocenters. The van der Waals surface area contributed by atoms with Crippen LogP contribution in [0.1, 0.15) is 0 Å². The molecule has 9 heteroatoms. The second-order valence-corrected chi connectivity index (χ2v) is 3.74. The lowest BCUT2D eigenvalue weighted by Crippen LogP contribution is -2.58. The number of hydrogen-bond donors (Lipinski definition) is 8. The van der Waals surface area contributed by atoms with E-state index >= 15 is 0 Å². The van der Waals surface area contributed by atoms with Gasteiger partial charge >= 0.3 is 0 Å². The first-order valence-electron chi connectivity index (χ1n) is 5.27. The summed E-state index contributed by atoms with van der Waals surface area (Å²) in [4.78, 5) is 0. The van der Waals surface area contributed by atoms with Gasteiger partial charge in [-0.15, -0.1) is 0 Å². The standard InChI is InChI=1S/C6H12O6.C3H8O3/c7-1-2-3(8)4(9)5(10)6(11)12-2;4-1-3(6)2-5/h2-11H,1H2;3-6H,1-2H2/t2-,3-,4+,5-,6+;/m1./s1. The summed E-state index contributed by atoms with van der Waals surface area (Å²) in [6.45, 7) is -1.25. The first-order valence-corrected chi connectivity index (χ1v) is 5.27. The Morgan fingerprint density at radius 3 is 1.67 bits per heavy atom. The third-order valence-electron chi connectivity index (χ3n) is 2.29. The molecule has 1 rings (SSSR count). The molecule has 110 valence electrons. The molecule has 1 fully saturated rings. The van der Waals surface area contributed by atoms with Crippen molar-refractivity contribution >= 4 is 0 Å². The largest absolute Gasteiger partial charge is 0.394 e. The zero-order valence-electron chi connectivity index (χ0n) is 9.57. The molecule has 0 aliphatic carbocycles. The molecule has 0 aromatic rings. The maximum Gasteiger partial charge on any atom is 0.184 e. The Morgan fingerprint density at radius 2 is 1.33 bits per heavy atom. The second kappa shape index (κ2) is 8.69. The molecule has 1 aliphatic rings. The Balaban J connectivity index is 0.000000411. The fourth-order valence-corrected chi connectivity index (χ4v) is 1.14. The molecule has 0 saturated carbocycles. The van der Waals surface area contributed by atoms with Crippen LogP contribution in [-0.4, -0.2) is 97.5 Å². The van der Waals surface area contributed by atoms with Crippen molar-refractivity contribution in [1.29, 1.82) is 0 Å². The van der Waals surface area contributed by atoms with Crippen LogP contribution in [-0.2, 0) is 4.74 Å². The Kier molecular flexibility index (Phi) is 8.52. The lowest BCUT2D eigenvalue weighted by molar-refractivity contribution is -0.286. The summed E-state index contributed by atoms with van der Waals surface area (Å²) < 4.78 is 4.58. The second-order valence-electron chi connectivity index (χ2n) is 3.74. The molecule has 1 heterocycles. The number of hydrogen-bond acceptors (Lipinski definition) is 9. The predicted octanol–water partition coefficient (Wildman–Crippen LogP) is -4.89. The molecule has 1 aliphatic heterocycles. The topological polar surface area (TPSA) is 171 Å². The number of ether oxygens (including phenoxy) is 1. The van der Waals surface area contributed by atoms with Gasteiger partial charge in [-0.1, -0.05) is 0 Å². The zero-order chi connectivity index (χ0) is 14.3. The summed E-state index contributed by atoms with van der Waals surface area (Å²) in [5.74, 6) is 0. The summed E-state index contributed by atoms with van der Waals surface area (Å²) >= 11 is 0. The monoisotopic (exact) mass is 272 g/mol. The first kappa shape index (κ1) is 17.6. The molecule has 9 nitrogen and oxygen atoms in total. The molecule has 1 saturated heterocycles. The van der Waals surface area contributed by atoms with Gasteiger partial charge in [0.05, 0.1) is 19.8 Å². The van der Waals surface area contributed by atoms with Gasteiger partial charge in [-0.2, -0.15) is 0 Å². The molecule has 8 N–H and O–H groups in total. The van der Waals surface area contributed by atoms with Crippen LogP contribution in [0.2, 0.25) is 0 Å². The first-order chi connectivity index (χ1) is 8.38. The van der Waals surface area contributed by atoms with E-state index in [4.69, 9.17) is 40.9 Å². The molecular weight excluding hydrogens is 252 g/mol. The van der Waals surface area contributed by atoms with Crippen LogP contribution in [0.4, 0.5) is 0 Å². The Labute approximate surface area is 103 Å². The average molecular weight is 272 g/mol. The van der Waals surface area contributed by atoms with Crippen molar-refractivity contribution in [1.82, 2.24) is 0 Å². The SMILES string of the molecule is OCC(O)CO.OC[C@H]1O[C@H](O)[C@H](O)[C@@H](O)[C@@H]1O. The van der Waals surface area contributed by atoms with E-state index in [1.54, 1.807) is 0 Å². The molecule has 0 spiro atoms. The maximum absolute atomic E-state index is 9.12. The minimum Gasteiger partial charge on any atom is -0.394 e. The Hall–Kier alpha value is -0.360. The minimum absolute atomic E-state index is 0.365. The molecule has 0 radical (unpaired) electrons. The molecule has 0 bridgehead atoms. The van der Waals surface area contributed by atoms with E-state index in [0.29, 0.717) is 0 Å². The molecule has 0 unspecified atom stereocenters. The predicted molar refractivity (Wildman–Crippen MR) is 56.2 cm³/mol. The highest BCUT2D eigenvalue weighted by Crippen LogP contribution is 2.18. The number of aliphatic hydroxyl groups excluding tert-OH is 8. The quantitative estimate of drug-likeness (QED) is 0.251. The normalized spacial score (nSPS) is 36.2. The fourth-order valence-electron chi connectivity index (χ4n) is 1.14.